The van der Waals surface area contributed by atoms with E-state index in [1.807, 2.05) is 30.3 Å². The van der Waals surface area contributed by atoms with Crippen molar-refractivity contribution in [2.45, 2.75) is 35.4 Å². The van der Waals surface area contributed by atoms with Crippen LogP contribution in [0.4, 0.5) is 0 Å². The van der Waals surface area contributed by atoms with Gasteiger partial charge in [0, 0.05) is 5.56 Å². The fraction of sp³-hybridized carbons (Fsp3) is 0.333. The second kappa shape index (κ2) is 7.79. The van der Waals surface area contributed by atoms with Crippen molar-refractivity contribution in [3.63, 3.8) is 0 Å². The first kappa shape index (κ1) is 17.2. The van der Waals surface area contributed by atoms with E-state index >= 15 is 0 Å². The predicted molar refractivity (Wildman–Crippen MR) is 84.0 cm³/mol. The van der Waals surface area contributed by atoms with Crippen molar-refractivity contribution in [3.8, 4) is 16.9 Å². The Kier molecular flexibility index (Phi) is 6.69. The number of phenols is 1. The second-order valence-electron chi connectivity index (χ2n) is 5.81. The molecule has 0 saturated heterocycles. The van der Waals surface area contributed by atoms with Crippen LogP contribution in [-0.2, 0) is 28.6 Å². The van der Waals surface area contributed by atoms with Crippen molar-refractivity contribution in [1.82, 2.24) is 0 Å². The van der Waals surface area contributed by atoms with E-state index in [0.29, 0.717) is 5.75 Å². The molecule has 106 valence electrons. The van der Waals surface area contributed by atoms with Crippen LogP contribution < -0.4 is 0 Å². The molecule has 0 aliphatic carbocycles. The van der Waals surface area contributed by atoms with Crippen LogP contribution in [0.1, 0.15) is 26.3 Å². The van der Waals surface area contributed by atoms with Crippen molar-refractivity contribution in [1.29, 1.82) is 0 Å². The predicted octanol–water partition coefficient (Wildman–Crippen LogP) is 5.52. The van der Waals surface area contributed by atoms with E-state index in [0.717, 1.165) is 11.1 Å². The number of para-hydroxylation sites is 1. The first-order chi connectivity index (χ1) is 9.41. The van der Waals surface area contributed by atoms with Crippen LogP contribution in [0.3, 0.4) is 0 Å². The van der Waals surface area contributed by atoms with Crippen molar-refractivity contribution < 1.29 is 28.3 Å². The fourth-order valence-corrected chi connectivity index (χ4v) is 2.07. The van der Waals surface area contributed by atoms with E-state index in [9.17, 15) is 5.11 Å². The summed E-state index contributed by atoms with van der Waals surface area (Å²) < 4.78 is 4.59. The van der Waals surface area contributed by atoms with Crippen LogP contribution in [0, 0.1) is 0 Å². The molecule has 20 heavy (non-hydrogen) atoms. The maximum atomic E-state index is 9.95. The molecule has 0 unspecified atom stereocenters. The molecule has 0 bridgehead atoms. The van der Waals surface area contributed by atoms with Gasteiger partial charge in [-0.25, -0.2) is 0 Å². The molecule has 0 radical (unpaired) electrons. The summed E-state index contributed by atoms with van der Waals surface area (Å²) >= 11 is 0.230. The molecule has 2 heteroatoms. The summed E-state index contributed by atoms with van der Waals surface area (Å²) in [5.74, 6) is 0.337. The molecular formula is C18H24OZr. The van der Waals surface area contributed by atoms with Gasteiger partial charge in [-0.15, -0.1) is 0 Å². The molecule has 1 N–H and O–H groups in total. The number of rotatable bonds is 1. The molecule has 2 aromatic rings. The van der Waals surface area contributed by atoms with Crippen molar-refractivity contribution >= 4 is 0 Å². The summed E-state index contributed by atoms with van der Waals surface area (Å²) in [7, 11) is 0. The number of aromatic hydroxyl groups is 1. The van der Waals surface area contributed by atoms with E-state index in [4.69, 9.17) is 0 Å². The van der Waals surface area contributed by atoms with Crippen LogP contribution in [0.2, 0.25) is 9.26 Å². The summed E-state index contributed by atoms with van der Waals surface area (Å²) in [5.41, 5.74) is 3.33. The SMILES string of the molecule is CC(C)(C)c1ccccc1-c1ccccc1O.[CH3][Zr][CH3]. The summed E-state index contributed by atoms with van der Waals surface area (Å²) in [6.07, 6.45) is 0. The second-order valence-corrected chi connectivity index (χ2v) is 8.27. The van der Waals surface area contributed by atoms with Crippen LogP contribution in [0.5, 0.6) is 5.75 Å². The standard InChI is InChI=1S/C16H18O.2CH3.Zr/c1-16(2,3)14-10-6-4-8-12(14)13-9-5-7-11-15(13)17;;;/h4-11,17H,1-3H3;2*1H3;. The molecular weight excluding hydrogens is 323 g/mol. The van der Waals surface area contributed by atoms with Gasteiger partial charge in [0.1, 0.15) is 5.75 Å². The monoisotopic (exact) mass is 346 g/mol. The third-order valence-corrected chi connectivity index (χ3v) is 2.93. The van der Waals surface area contributed by atoms with Crippen molar-refractivity contribution in [2.24, 2.45) is 0 Å². The van der Waals surface area contributed by atoms with Gasteiger partial charge in [0.25, 0.3) is 0 Å². The number of hydrogen-bond acceptors (Lipinski definition) is 1. The van der Waals surface area contributed by atoms with Crippen LogP contribution in [0.15, 0.2) is 48.5 Å². The number of hydrogen-bond donors (Lipinski definition) is 1. The van der Waals surface area contributed by atoms with E-state index in [-0.39, 0.29) is 28.6 Å². The average molecular weight is 348 g/mol. The van der Waals surface area contributed by atoms with Gasteiger partial charge in [-0.1, -0.05) is 63.2 Å². The molecule has 0 spiro atoms. The van der Waals surface area contributed by atoms with Gasteiger partial charge >= 0.3 is 32.5 Å². The van der Waals surface area contributed by atoms with Crippen LogP contribution in [-0.4, -0.2) is 5.11 Å². The summed E-state index contributed by atoms with van der Waals surface area (Å²) in [5, 5.41) is 9.95. The van der Waals surface area contributed by atoms with E-state index in [1.165, 1.54) is 5.56 Å². The van der Waals surface area contributed by atoms with Gasteiger partial charge in [-0.05, 0) is 22.6 Å². The van der Waals surface area contributed by atoms with E-state index in [1.54, 1.807) is 6.07 Å². The summed E-state index contributed by atoms with van der Waals surface area (Å²) in [6, 6.07) is 15.7. The molecule has 0 aliphatic heterocycles. The van der Waals surface area contributed by atoms with Gasteiger partial charge in [0.2, 0.25) is 0 Å². The maximum absolute atomic E-state index is 9.95. The average Bonchev–Trinajstić information content (AvgIpc) is 2.39. The zero-order valence-corrected chi connectivity index (χ0v) is 15.5. The van der Waals surface area contributed by atoms with Gasteiger partial charge < -0.3 is 5.11 Å². The molecule has 0 fully saturated rings. The summed E-state index contributed by atoms with van der Waals surface area (Å²) in [4.78, 5) is 0. The summed E-state index contributed by atoms with van der Waals surface area (Å²) in [6.45, 7) is 6.56. The third kappa shape index (κ3) is 4.60. The first-order valence-electron chi connectivity index (χ1n) is 6.88. The van der Waals surface area contributed by atoms with Gasteiger partial charge in [0.15, 0.2) is 0 Å². The van der Waals surface area contributed by atoms with Gasteiger partial charge in [-0.2, -0.15) is 0 Å². The molecule has 0 saturated carbocycles. The van der Waals surface area contributed by atoms with Crippen molar-refractivity contribution in [2.75, 3.05) is 0 Å². The Labute approximate surface area is 134 Å². The molecule has 0 atom stereocenters. The molecule has 0 amide bonds. The molecule has 0 heterocycles. The Morgan fingerprint density at radius 3 is 1.75 bits per heavy atom. The molecule has 1 nitrogen and oxygen atoms in total. The van der Waals surface area contributed by atoms with Crippen molar-refractivity contribution in [3.05, 3.63) is 54.1 Å². The minimum atomic E-state index is 0.0683. The quantitative estimate of drug-likeness (QED) is 0.720. The first-order valence-corrected chi connectivity index (χ1v) is 11.8. The zero-order chi connectivity index (χ0) is 15.2. The molecule has 0 aromatic heterocycles. The molecule has 2 rings (SSSR count). The molecule has 0 aliphatic rings. The number of phenolic OH excluding ortho intramolecular Hbond substituents is 1. The van der Waals surface area contributed by atoms with Gasteiger partial charge in [0.05, 0.1) is 0 Å². The Balaban J connectivity index is 0.000000612. The molecule has 2 aromatic carbocycles. The Bertz CT molecular complexity index is 541. The van der Waals surface area contributed by atoms with E-state index < -0.39 is 0 Å². The van der Waals surface area contributed by atoms with Gasteiger partial charge in [-0.3, -0.25) is 0 Å². The Hall–Kier alpha value is -0.877. The van der Waals surface area contributed by atoms with Crippen LogP contribution in [0.25, 0.3) is 11.1 Å². The minimum absolute atomic E-state index is 0.0683. The topological polar surface area (TPSA) is 20.2 Å². The Morgan fingerprint density at radius 1 is 0.800 bits per heavy atom. The fourth-order valence-electron chi connectivity index (χ4n) is 2.07. The third-order valence-electron chi connectivity index (χ3n) is 2.93. The number of benzene rings is 2. The zero-order valence-electron chi connectivity index (χ0n) is 13.1. The van der Waals surface area contributed by atoms with E-state index in [2.05, 4.69) is 42.2 Å². The van der Waals surface area contributed by atoms with Crippen LogP contribution >= 0.6 is 0 Å². The Morgan fingerprint density at radius 2 is 1.25 bits per heavy atom. The normalized spacial score (nSPS) is 10.4.